The highest BCUT2D eigenvalue weighted by atomic mass is 79.9. The molecular weight excluding hydrogens is 316 g/mol. The number of nitrogens with zero attached hydrogens (tertiary/aromatic N) is 3. The molecule has 1 aromatic carbocycles. The first-order valence-corrected chi connectivity index (χ1v) is 7.24. The first-order valence-electron chi connectivity index (χ1n) is 6.45. The molecule has 2 aromatic rings. The van der Waals surface area contributed by atoms with Gasteiger partial charge in [0.05, 0.1) is 0 Å². The smallest absolute Gasteiger partial charge is 0.145 e. The predicted molar refractivity (Wildman–Crippen MR) is 80.2 cm³/mol. The van der Waals surface area contributed by atoms with Crippen molar-refractivity contribution in [3.63, 3.8) is 0 Å². The number of nitrogens with one attached hydrogen (secondary N) is 1. The third-order valence-corrected chi connectivity index (χ3v) is 4.29. The van der Waals surface area contributed by atoms with Crippen molar-refractivity contribution in [3.05, 3.63) is 52.4 Å². The molecule has 0 unspecified atom stereocenters. The van der Waals surface area contributed by atoms with E-state index in [-0.39, 0.29) is 5.54 Å². The van der Waals surface area contributed by atoms with Crippen LogP contribution in [0.15, 0.2) is 41.1 Å². The number of nitriles is 1. The van der Waals surface area contributed by atoms with Crippen molar-refractivity contribution in [1.82, 2.24) is 9.97 Å². The van der Waals surface area contributed by atoms with Crippen LogP contribution in [0.4, 0.5) is 5.82 Å². The Bertz CT molecular complexity index is 674. The minimum Gasteiger partial charge on any atom is -0.364 e. The van der Waals surface area contributed by atoms with Crippen LogP contribution in [0, 0.1) is 11.3 Å². The highest BCUT2D eigenvalue weighted by molar-refractivity contribution is 9.10. The number of anilines is 1. The number of aromatic nitrogens is 2. The van der Waals surface area contributed by atoms with Crippen LogP contribution in [0.2, 0.25) is 0 Å². The summed E-state index contributed by atoms with van der Waals surface area (Å²) in [4.78, 5) is 8.08. The molecule has 1 heterocycles. The maximum atomic E-state index is 8.87. The zero-order valence-corrected chi connectivity index (χ0v) is 12.4. The molecule has 0 spiro atoms. The van der Waals surface area contributed by atoms with Gasteiger partial charge in [0.2, 0.25) is 0 Å². The van der Waals surface area contributed by atoms with E-state index in [4.69, 9.17) is 5.26 Å². The molecule has 4 nitrogen and oxygen atoms in total. The molecule has 0 radical (unpaired) electrons. The van der Waals surface area contributed by atoms with Crippen molar-refractivity contribution >= 4 is 21.7 Å². The molecule has 1 aliphatic rings. The van der Waals surface area contributed by atoms with Crippen LogP contribution < -0.4 is 5.32 Å². The lowest BCUT2D eigenvalue weighted by molar-refractivity contribution is 0.718. The lowest BCUT2D eigenvalue weighted by atomic mass is 10.0. The third kappa shape index (κ3) is 2.81. The Balaban J connectivity index is 1.77. The van der Waals surface area contributed by atoms with Crippen LogP contribution in [-0.4, -0.2) is 15.5 Å². The fraction of sp³-hybridized carbons (Fsp3) is 0.267. The highest BCUT2D eigenvalue weighted by Gasteiger charge is 2.43. The molecule has 20 heavy (non-hydrogen) atoms. The van der Waals surface area contributed by atoms with Gasteiger partial charge in [-0.3, -0.25) is 0 Å². The molecule has 1 saturated carbocycles. The van der Waals surface area contributed by atoms with E-state index >= 15 is 0 Å². The van der Waals surface area contributed by atoms with Crippen molar-refractivity contribution in [1.29, 1.82) is 5.26 Å². The molecule has 0 atom stereocenters. The van der Waals surface area contributed by atoms with E-state index < -0.39 is 0 Å². The van der Waals surface area contributed by atoms with Crippen LogP contribution in [0.3, 0.4) is 0 Å². The lowest BCUT2D eigenvalue weighted by Crippen LogP contribution is -2.25. The average molecular weight is 329 g/mol. The normalized spacial score (nSPS) is 15.4. The second-order valence-corrected chi connectivity index (χ2v) is 5.93. The molecule has 0 saturated heterocycles. The molecule has 1 N–H and O–H groups in total. The Hall–Kier alpha value is -1.93. The molecule has 1 fully saturated rings. The standard InChI is InChI=1S/C15H13BrN4/c16-13-4-2-1-3-11(13)8-15(5-6-15)20-14-7-12(9-17)18-10-19-14/h1-4,7,10H,5-6,8H2,(H,18,19,20). The molecule has 0 bridgehead atoms. The summed E-state index contributed by atoms with van der Waals surface area (Å²) in [7, 11) is 0. The fourth-order valence-electron chi connectivity index (χ4n) is 2.26. The van der Waals surface area contributed by atoms with Gasteiger partial charge in [-0.05, 0) is 30.9 Å². The quantitative estimate of drug-likeness (QED) is 0.935. The van der Waals surface area contributed by atoms with Gasteiger partial charge in [-0.1, -0.05) is 34.1 Å². The monoisotopic (exact) mass is 328 g/mol. The van der Waals surface area contributed by atoms with Crippen LogP contribution in [0.5, 0.6) is 0 Å². The SMILES string of the molecule is N#Cc1cc(NC2(Cc3ccccc3Br)CC2)ncn1. The fourth-order valence-corrected chi connectivity index (χ4v) is 2.69. The largest absolute Gasteiger partial charge is 0.364 e. The molecule has 0 amide bonds. The van der Waals surface area contributed by atoms with E-state index in [0.717, 1.165) is 29.6 Å². The van der Waals surface area contributed by atoms with Gasteiger partial charge in [-0.15, -0.1) is 0 Å². The Labute approximate surface area is 126 Å². The number of hydrogen-bond acceptors (Lipinski definition) is 4. The summed E-state index contributed by atoms with van der Waals surface area (Å²) >= 11 is 3.59. The van der Waals surface area contributed by atoms with E-state index in [0.29, 0.717) is 5.69 Å². The zero-order valence-electron chi connectivity index (χ0n) is 10.8. The van der Waals surface area contributed by atoms with Gasteiger partial charge in [0.15, 0.2) is 0 Å². The Morgan fingerprint density at radius 2 is 2.10 bits per heavy atom. The van der Waals surface area contributed by atoms with Crippen LogP contribution >= 0.6 is 15.9 Å². The van der Waals surface area contributed by atoms with Gasteiger partial charge in [-0.2, -0.15) is 5.26 Å². The van der Waals surface area contributed by atoms with Crippen molar-refractivity contribution in [3.8, 4) is 6.07 Å². The van der Waals surface area contributed by atoms with Gasteiger partial charge in [-0.25, -0.2) is 9.97 Å². The van der Waals surface area contributed by atoms with Gasteiger partial charge in [0, 0.05) is 16.1 Å². The topological polar surface area (TPSA) is 61.6 Å². The van der Waals surface area contributed by atoms with Gasteiger partial charge in [0.1, 0.15) is 23.9 Å². The zero-order chi connectivity index (χ0) is 14.0. The second-order valence-electron chi connectivity index (χ2n) is 5.07. The van der Waals surface area contributed by atoms with E-state index in [9.17, 15) is 0 Å². The summed E-state index contributed by atoms with van der Waals surface area (Å²) < 4.78 is 1.13. The average Bonchev–Trinajstić information content (AvgIpc) is 3.21. The summed E-state index contributed by atoms with van der Waals surface area (Å²) in [6.45, 7) is 0. The lowest BCUT2D eigenvalue weighted by Gasteiger charge is -2.18. The van der Waals surface area contributed by atoms with Crippen LogP contribution in [0.1, 0.15) is 24.1 Å². The minimum atomic E-state index is 0.0605. The van der Waals surface area contributed by atoms with Crippen molar-refractivity contribution in [2.24, 2.45) is 0 Å². The van der Waals surface area contributed by atoms with E-state index in [1.54, 1.807) is 6.07 Å². The number of hydrogen-bond donors (Lipinski definition) is 1. The summed E-state index contributed by atoms with van der Waals surface area (Å²) in [6, 6.07) is 12.0. The molecular formula is C15H13BrN4. The molecule has 3 rings (SSSR count). The molecule has 5 heteroatoms. The summed E-state index contributed by atoms with van der Waals surface area (Å²) in [5, 5.41) is 12.3. The van der Waals surface area contributed by atoms with Crippen molar-refractivity contribution in [2.45, 2.75) is 24.8 Å². The van der Waals surface area contributed by atoms with Gasteiger partial charge < -0.3 is 5.32 Å². The van der Waals surface area contributed by atoms with E-state index in [1.165, 1.54) is 11.9 Å². The third-order valence-electron chi connectivity index (χ3n) is 3.52. The minimum absolute atomic E-state index is 0.0605. The molecule has 1 aromatic heterocycles. The maximum Gasteiger partial charge on any atom is 0.145 e. The van der Waals surface area contributed by atoms with Gasteiger partial charge in [0.25, 0.3) is 0 Å². The van der Waals surface area contributed by atoms with Crippen molar-refractivity contribution in [2.75, 3.05) is 5.32 Å². The molecule has 100 valence electrons. The summed E-state index contributed by atoms with van der Waals surface area (Å²) in [6.07, 6.45) is 4.59. The molecule has 0 aliphatic heterocycles. The van der Waals surface area contributed by atoms with E-state index in [2.05, 4.69) is 49.4 Å². The first kappa shape index (κ1) is 13.1. The predicted octanol–water partition coefficient (Wildman–Crippen LogP) is 3.30. The summed E-state index contributed by atoms with van der Waals surface area (Å²) in [5.74, 6) is 0.723. The second kappa shape index (κ2) is 5.22. The highest BCUT2D eigenvalue weighted by Crippen LogP contribution is 2.42. The Kier molecular flexibility index (Phi) is 3.41. The number of benzene rings is 1. The Morgan fingerprint density at radius 3 is 2.80 bits per heavy atom. The number of rotatable bonds is 4. The van der Waals surface area contributed by atoms with Crippen LogP contribution in [0.25, 0.3) is 0 Å². The first-order chi connectivity index (χ1) is 9.71. The van der Waals surface area contributed by atoms with Gasteiger partial charge >= 0.3 is 0 Å². The van der Waals surface area contributed by atoms with Crippen LogP contribution in [-0.2, 0) is 6.42 Å². The number of halogens is 1. The maximum absolute atomic E-state index is 8.87. The Morgan fingerprint density at radius 1 is 1.30 bits per heavy atom. The van der Waals surface area contributed by atoms with Crippen molar-refractivity contribution < 1.29 is 0 Å². The van der Waals surface area contributed by atoms with E-state index in [1.807, 2.05) is 12.1 Å². The molecule has 1 aliphatic carbocycles. The summed E-state index contributed by atoms with van der Waals surface area (Å²) in [5.41, 5.74) is 1.73.